The average Bonchev–Trinajstić information content (AvgIpc) is 2.39. The number of amides is 1. The first-order valence-corrected chi connectivity index (χ1v) is 6.26. The van der Waals surface area contributed by atoms with Crippen LogP contribution in [-0.2, 0) is 0 Å². The minimum atomic E-state index is -0.279. The van der Waals surface area contributed by atoms with Crippen LogP contribution < -0.4 is 15.8 Å². The van der Waals surface area contributed by atoms with E-state index in [1.165, 1.54) is 0 Å². The maximum absolute atomic E-state index is 12.1. The van der Waals surface area contributed by atoms with Crippen molar-refractivity contribution in [3.8, 4) is 5.75 Å². The quantitative estimate of drug-likeness (QED) is 0.867. The van der Waals surface area contributed by atoms with E-state index in [0.717, 1.165) is 0 Å². The summed E-state index contributed by atoms with van der Waals surface area (Å²) in [5, 5.41) is 2.76. The van der Waals surface area contributed by atoms with Crippen LogP contribution in [0.25, 0.3) is 0 Å². The molecule has 0 aromatic heterocycles. The lowest BCUT2D eigenvalue weighted by molar-refractivity contribution is 0.102. The lowest BCUT2D eigenvalue weighted by Crippen LogP contribution is -2.12. The first-order valence-electron chi connectivity index (χ1n) is 5.16. The zero-order chi connectivity index (χ0) is 13.0. The molecule has 2 rings (SSSR count). The van der Waals surface area contributed by atoms with Gasteiger partial charge in [-0.1, -0.05) is 24.3 Å². The first-order chi connectivity index (χ1) is 8.72. The molecule has 0 bridgehead atoms. The summed E-state index contributed by atoms with van der Waals surface area (Å²) in [7, 11) is 0. The Kier molecular flexibility index (Phi) is 5.82. The van der Waals surface area contributed by atoms with Crippen LogP contribution in [0, 0.1) is 0 Å². The molecule has 0 heterocycles. The number of hydrogen-bond donors (Lipinski definition) is 2. The number of rotatable bonds is 3. The molecule has 0 radical (unpaired) electrons. The van der Waals surface area contributed by atoms with Gasteiger partial charge in [0.25, 0.3) is 5.91 Å². The van der Waals surface area contributed by atoms with Gasteiger partial charge in [-0.05, 0) is 40.2 Å². The summed E-state index contributed by atoms with van der Waals surface area (Å²) in [5.74, 6) is 0.0192. The van der Waals surface area contributed by atoms with Crippen LogP contribution in [0.4, 0.5) is 5.69 Å². The summed E-state index contributed by atoms with van der Waals surface area (Å²) in [6, 6.07) is 14.3. The van der Waals surface area contributed by atoms with Crippen molar-refractivity contribution in [1.29, 1.82) is 0 Å². The minimum absolute atomic E-state index is 0. The predicted molar refractivity (Wildman–Crippen MR) is 80.0 cm³/mol. The molecule has 0 saturated heterocycles. The number of para-hydroxylation sites is 2. The fourth-order valence-electron chi connectivity index (χ4n) is 1.49. The van der Waals surface area contributed by atoms with E-state index in [2.05, 4.69) is 21.2 Å². The van der Waals surface area contributed by atoms with Crippen molar-refractivity contribution in [2.75, 3.05) is 5.32 Å². The van der Waals surface area contributed by atoms with Crippen molar-refractivity contribution in [2.24, 2.45) is 0 Å². The predicted octanol–water partition coefficient (Wildman–Crippen LogP) is 4.40. The lowest BCUT2D eigenvalue weighted by Gasteiger charge is -2.09. The third kappa shape index (κ3) is 3.70. The molecule has 2 aromatic rings. The molecule has 0 fully saturated rings. The Labute approximate surface area is 124 Å². The number of halogens is 2. The third-order valence-corrected chi connectivity index (χ3v) is 3.10. The fourth-order valence-corrected chi connectivity index (χ4v) is 2.19. The highest BCUT2D eigenvalue weighted by molar-refractivity contribution is 9.10. The number of carbonyl (C=O) groups is 1. The van der Waals surface area contributed by atoms with Crippen LogP contribution in [0.2, 0.25) is 0 Å². The Morgan fingerprint density at radius 1 is 1.11 bits per heavy atom. The van der Waals surface area contributed by atoms with Crippen LogP contribution in [-0.4, -0.2) is 5.91 Å². The van der Waals surface area contributed by atoms with Crippen LogP contribution in [0.15, 0.2) is 53.0 Å². The number of benzene rings is 2. The van der Waals surface area contributed by atoms with E-state index in [-0.39, 0.29) is 12.1 Å². The highest BCUT2D eigenvalue weighted by Gasteiger charge is 2.15. The molecule has 0 atom stereocenters. The average molecular weight is 344 g/mol. The van der Waals surface area contributed by atoms with E-state index in [1.807, 2.05) is 18.2 Å². The SMILES string of the molecule is N.O=C(Nc1ccccc1)c1cccc(Br)c1OCl. The summed E-state index contributed by atoms with van der Waals surface area (Å²) in [6.07, 6.45) is 0. The summed E-state index contributed by atoms with van der Waals surface area (Å²) in [4.78, 5) is 12.1. The minimum Gasteiger partial charge on any atom is -0.384 e. The van der Waals surface area contributed by atoms with Gasteiger partial charge in [0.15, 0.2) is 5.75 Å². The van der Waals surface area contributed by atoms with Crippen molar-refractivity contribution in [3.05, 3.63) is 58.6 Å². The molecule has 0 saturated carbocycles. The second-order valence-corrected chi connectivity index (χ2v) is 4.52. The van der Waals surface area contributed by atoms with E-state index in [9.17, 15) is 4.79 Å². The van der Waals surface area contributed by atoms with E-state index < -0.39 is 0 Å². The van der Waals surface area contributed by atoms with Gasteiger partial charge in [0.2, 0.25) is 0 Å². The van der Waals surface area contributed by atoms with Crippen LogP contribution in [0.5, 0.6) is 5.75 Å². The smallest absolute Gasteiger partial charge is 0.259 e. The molecular formula is C13H12BrClN2O2. The van der Waals surface area contributed by atoms with Gasteiger partial charge in [-0.15, -0.1) is 0 Å². The summed E-state index contributed by atoms with van der Waals surface area (Å²) < 4.78 is 5.32. The lowest BCUT2D eigenvalue weighted by atomic mass is 10.2. The largest absolute Gasteiger partial charge is 0.384 e. The van der Waals surface area contributed by atoms with Crippen molar-refractivity contribution in [3.63, 3.8) is 0 Å². The Balaban J connectivity index is 0.00000180. The molecular weight excluding hydrogens is 332 g/mol. The molecule has 19 heavy (non-hydrogen) atoms. The van der Waals surface area contributed by atoms with Gasteiger partial charge >= 0.3 is 0 Å². The number of anilines is 1. The number of nitrogens with one attached hydrogen (secondary N) is 1. The van der Waals surface area contributed by atoms with Crippen molar-refractivity contribution >= 4 is 39.4 Å². The van der Waals surface area contributed by atoms with E-state index in [1.54, 1.807) is 30.3 Å². The molecule has 0 aliphatic heterocycles. The van der Waals surface area contributed by atoms with Crippen LogP contribution >= 0.6 is 27.8 Å². The van der Waals surface area contributed by atoms with Gasteiger partial charge < -0.3 is 15.8 Å². The Morgan fingerprint density at radius 2 is 1.79 bits per heavy atom. The molecule has 1 amide bonds. The van der Waals surface area contributed by atoms with Gasteiger partial charge in [-0.25, -0.2) is 0 Å². The summed E-state index contributed by atoms with van der Waals surface area (Å²) >= 11 is 8.65. The standard InChI is InChI=1S/C13H9BrClNO2.H3N/c14-11-8-4-7-10(12(11)18-15)13(17)16-9-5-2-1-3-6-9;/h1-8H,(H,16,17);1H3. The van der Waals surface area contributed by atoms with Gasteiger partial charge in [-0.3, -0.25) is 4.79 Å². The zero-order valence-electron chi connectivity index (χ0n) is 9.90. The Hall–Kier alpha value is -1.56. The zero-order valence-corrected chi connectivity index (χ0v) is 12.2. The van der Waals surface area contributed by atoms with Crippen LogP contribution in [0.3, 0.4) is 0 Å². The highest BCUT2D eigenvalue weighted by Crippen LogP contribution is 2.30. The maximum Gasteiger partial charge on any atom is 0.259 e. The molecule has 4 N–H and O–H groups in total. The normalized spacial score (nSPS) is 9.37. The number of carbonyl (C=O) groups excluding carboxylic acids is 1. The molecule has 0 aliphatic rings. The second-order valence-electron chi connectivity index (χ2n) is 3.51. The second kappa shape index (κ2) is 7.13. The Morgan fingerprint density at radius 3 is 2.42 bits per heavy atom. The first kappa shape index (κ1) is 15.5. The molecule has 100 valence electrons. The maximum atomic E-state index is 12.1. The van der Waals surface area contributed by atoms with Gasteiger partial charge in [0.05, 0.1) is 10.0 Å². The van der Waals surface area contributed by atoms with Crippen LogP contribution in [0.1, 0.15) is 10.4 Å². The molecule has 0 aliphatic carbocycles. The molecule has 0 spiro atoms. The number of hydrogen-bond acceptors (Lipinski definition) is 3. The van der Waals surface area contributed by atoms with Crippen molar-refractivity contribution in [2.45, 2.75) is 0 Å². The van der Waals surface area contributed by atoms with Gasteiger partial charge in [0, 0.05) is 5.69 Å². The fraction of sp³-hybridized carbons (Fsp3) is 0. The molecule has 6 heteroatoms. The van der Waals surface area contributed by atoms with E-state index in [0.29, 0.717) is 21.5 Å². The van der Waals surface area contributed by atoms with E-state index in [4.69, 9.17) is 16.2 Å². The highest BCUT2D eigenvalue weighted by atomic mass is 79.9. The topological polar surface area (TPSA) is 73.3 Å². The van der Waals surface area contributed by atoms with Gasteiger partial charge in [-0.2, -0.15) is 0 Å². The Bertz CT molecular complexity index is 564. The third-order valence-electron chi connectivity index (χ3n) is 2.32. The van der Waals surface area contributed by atoms with Gasteiger partial charge in [0.1, 0.15) is 11.9 Å². The summed E-state index contributed by atoms with van der Waals surface area (Å²) in [6.45, 7) is 0. The van der Waals surface area contributed by atoms with Crippen molar-refractivity contribution in [1.82, 2.24) is 6.15 Å². The molecule has 4 nitrogen and oxygen atoms in total. The molecule has 2 aromatic carbocycles. The monoisotopic (exact) mass is 342 g/mol. The van der Waals surface area contributed by atoms with E-state index >= 15 is 0 Å². The summed E-state index contributed by atoms with van der Waals surface area (Å²) in [5.41, 5.74) is 1.08. The molecule has 0 unspecified atom stereocenters. The van der Waals surface area contributed by atoms with Crippen molar-refractivity contribution < 1.29 is 9.08 Å².